The van der Waals surface area contributed by atoms with Crippen molar-refractivity contribution in [3.05, 3.63) is 0 Å². The van der Waals surface area contributed by atoms with Gasteiger partial charge in [0.15, 0.2) is 0 Å². The van der Waals surface area contributed by atoms with E-state index < -0.39 is 70.2 Å². The zero-order chi connectivity index (χ0) is 23.3. The Bertz CT molecular complexity index is 768. The monoisotopic (exact) mass is 594 g/mol. The molecule has 0 radical (unpaired) electrons. The van der Waals surface area contributed by atoms with Crippen LogP contribution in [0.25, 0.3) is 0 Å². The molecule has 0 amide bonds. The normalized spacial score (nSPS) is 59.6. The first kappa shape index (κ1) is 24.9. The zero-order valence-corrected chi connectivity index (χ0v) is 27.2. The van der Waals surface area contributed by atoms with E-state index >= 15 is 0 Å². The summed E-state index contributed by atoms with van der Waals surface area (Å²) in [5.74, 6) is 0. The molecule has 0 aromatic carbocycles. The Morgan fingerprint density at radius 2 is 0.812 bits per heavy atom. The van der Waals surface area contributed by atoms with Crippen LogP contribution in [0.3, 0.4) is 0 Å². The highest BCUT2D eigenvalue weighted by Crippen LogP contribution is 2.46. The summed E-state index contributed by atoms with van der Waals surface area (Å²) in [4.78, 5) is 0. The van der Waals surface area contributed by atoms with Crippen molar-refractivity contribution in [3.8, 4) is 0 Å². The van der Waals surface area contributed by atoms with Gasteiger partial charge in [-0.3, -0.25) is 0 Å². The van der Waals surface area contributed by atoms with Crippen molar-refractivity contribution in [1.82, 2.24) is 0 Å². The van der Waals surface area contributed by atoms with Crippen LogP contribution in [-0.2, 0) is 49.7 Å². The summed E-state index contributed by atoms with van der Waals surface area (Å²) >= 11 is 0. The summed E-state index contributed by atoms with van der Waals surface area (Å²) in [5.41, 5.74) is 0. The highest BCUT2D eigenvalue weighted by Gasteiger charge is 2.76. The van der Waals surface area contributed by atoms with Gasteiger partial charge in [-0.05, 0) is 12.5 Å². The van der Waals surface area contributed by atoms with E-state index in [1.54, 1.807) is 45.8 Å². The van der Waals surface area contributed by atoms with E-state index in [0.29, 0.717) is 12.5 Å². The Balaban J connectivity index is 1.76. The molecule has 1 N–H and O–H groups in total. The fourth-order valence-corrected chi connectivity index (χ4v) is 50.0. The molecule has 6 heterocycles. The minimum absolute atomic E-state index is 0.0339. The van der Waals surface area contributed by atoms with Gasteiger partial charge in [0.2, 0.25) is 0 Å². The average Bonchev–Trinajstić information content (AvgIpc) is 2.55. The molecule has 0 aromatic rings. The van der Waals surface area contributed by atoms with E-state index in [4.69, 9.17) is 49.7 Å². The van der Waals surface area contributed by atoms with Crippen molar-refractivity contribution in [2.75, 3.05) is 12.8 Å². The van der Waals surface area contributed by atoms with E-state index in [-0.39, 0.29) is 12.8 Å². The van der Waals surface area contributed by atoms with Crippen molar-refractivity contribution in [2.24, 2.45) is 0 Å². The molecule has 8 bridgehead atoms. The van der Waals surface area contributed by atoms with E-state index in [1.165, 1.54) is 0 Å². The Morgan fingerprint density at radius 3 is 1.16 bits per heavy atom. The first-order valence-electron chi connectivity index (χ1n) is 10.5. The van der Waals surface area contributed by atoms with Crippen LogP contribution >= 0.6 is 0 Å². The molecule has 0 aliphatic carbocycles. The Labute approximate surface area is 195 Å². The summed E-state index contributed by atoms with van der Waals surface area (Å²) in [6.07, 6.45) is 0.528. The molecule has 6 aliphatic heterocycles. The van der Waals surface area contributed by atoms with Crippen LogP contribution in [0.4, 0.5) is 0 Å². The lowest BCUT2D eigenvalue weighted by Gasteiger charge is -2.56. The fourth-order valence-electron chi connectivity index (χ4n) is 5.00. The molecule has 6 saturated heterocycles. The molecule has 21 heteroatoms. The second-order valence-electron chi connectivity index (χ2n) is 9.19. The van der Waals surface area contributed by atoms with Gasteiger partial charge in [0.1, 0.15) is 0 Å². The number of hydrogen-bond acceptors (Lipinski definition) is 13. The second kappa shape index (κ2) is 7.38. The van der Waals surface area contributed by atoms with Gasteiger partial charge in [0.05, 0.1) is 6.23 Å². The number of aliphatic hydroxyl groups excluding tert-OH is 1. The van der Waals surface area contributed by atoms with Gasteiger partial charge in [0.25, 0.3) is 0 Å². The molecule has 6 fully saturated rings. The van der Waals surface area contributed by atoms with Crippen molar-refractivity contribution < 1.29 is 54.8 Å². The minimum atomic E-state index is -3.51. The molecular formula is C11H30O13Si8. The van der Waals surface area contributed by atoms with Gasteiger partial charge in [-0.15, -0.1) is 0 Å². The van der Waals surface area contributed by atoms with Crippen molar-refractivity contribution in [3.63, 3.8) is 0 Å². The predicted octanol–water partition coefficient (Wildman–Crippen LogP) is 0.598. The third-order valence-corrected chi connectivity index (χ3v) is 40.6. The largest absolute Gasteiger partial charge is 0.482 e. The third kappa shape index (κ3) is 4.54. The minimum Gasteiger partial charge on any atom is -0.396 e. The first-order valence-corrected chi connectivity index (χ1v) is 28.3. The van der Waals surface area contributed by atoms with Crippen LogP contribution in [0.1, 0.15) is 6.42 Å². The molecule has 0 saturated carbocycles. The highest BCUT2D eigenvalue weighted by atomic mass is 28.6. The van der Waals surface area contributed by atoms with Crippen molar-refractivity contribution >= 4 is 70.2 Å². The summed E-state index contributed by atoms with van der Waals surface area (Å²) in [7, 11) is -27.7. The Morgan fingerprint density at radius 1 is 0.500 bits per heavy atom. The molecule has 13 nitrogen and oxygen atoms in total. The molecule has 32 heavy (non-hydrogen) atoms. The molecule has 4 unspecified atom stereocenters. The molecular weight excluding hydrogens is 565 g/mol. The lowest BCUT2D eigenvalue weighted by Crippen LogP contribution is -2.81. The summed E-state index contributed by atoms with van der Waals surface area (Å²) < 4.78 is 78.5. The number of fused-ring (bicyclic) bond motifs is 1. The standard InChI is InChI=1S/C11H30O13Si8/c1-25-13-11-32(10-8-9-12)23-30(6)19-26(2,14-25)16-28(4)17-27(3,15-25)20-31(7,24-32)22-29(5,18-28)21-30/h12H,8-11H2,1-7H3. The lowest BCUT2D eigenvalue weighted by atomic mass is 10.5. The number of aliphatic hydroxyl groups is 1. The lowest BCUT2D eigenvalue weighted by molar-refractivity contribution is 0.0166. The summed E-state index contributed by atoms with van der Waals surface area (Å²) in [6, 6.07) is 0.419. The quantitative estimate of drug-likeness (QED) is 0.458. The Kier molecular flexibility index (Phi) is 5.74. The van der Waals surface area contributed by atoms with Gasteiger partial charge in [-0.2, -0.15) is 0 Å². The van der Waals surface area contributed by atoms with Crippen LogP contribution in [0, 0.1) is 0 Å². The van der Waals surface area contributed by atoms with Crippen molar-refractivity contribution in [2.45, 2.75) is 58.3 Å². The van der Waals surface area contributed by atoms with Gasteiger partial charge in [-0.1, -0.05) is 0 Å². The van der Waals surface area contributed by atoms with Crippen LogP contribution in [0.5, 0.6) is 0 Å². The maximum atomic E-state index is 9.59. The number of hydrogen-bond donors (Lipinski definition) is 1. The fraction of sp³-hybridized carbons (Fsp3) is 1.00. The van der Waals surface area contributed by atoms with Crippen LogP contribution in [-0.4, -0.2) is 88.1 Å². The summed E-state index contributed by atoms with van der Waals surface area (Å²) in [6.45, 7) is 12.3. The molecule has 0 aromatic heterocycles. The maximum Gasteiger partial charge on any atom is 0.482 e. The summed E-state index contributed by atoms with van der Waals surface area (Å²) in [5, 5.41) is 9.59. The van der Waals surface area contributed by atoms with E-state index in [1.807, 2.05) is 0 Å². The molecule has 0 spiro atoms. The van der Waals surface area contributed by atoms with Crippen LogP contribution in [0.2, 0.25) is 51.9 Å². The second-order valence-corrected chi connectivity index (χ2v) is 33.1. The van der Waals surface area contributed by atoms with Gasteiger partial charge in [-0.25, -0.2) is 0 Å². The number of rotatable bonds is 3. The predicted molar refractivity (Wildman–Crippen MR) is 121 cm³/mol. The van der Waals surface area contributed by atoms with Crippen LogP contribution < -0.4 is 0 Å². The van der Waals surface area contributed by atoms with Gasteiger partial charge < -0.3 is 54.8 Å². The molecule has 4 atom stereocenters. The Hall–Kier alpha value is 1.22. The van der Waals surface area contributed by atoms with Crippen molar-refractivity contribution in [1.29, 1.82) is 0 Å². The first-order chi connectivity index (χ1) is 14.5. The highest BCUT2D eigenvalue weighted by molar-refractivity contribution is 7.00. The molecule has 6 rings (SSSR count). The van der Waals surface area contributed by atoms with Crippen LogP contribution in [0.15, 0.2) is 0 Å². The topological polar surface area (TPSA) is 131 Å². The molecule has 184 valence electrons. The van der Waals surface area contributed by atoms with E-state index in [2.05, 4.69) is 0 Å². The SMILES string of the molecule is C[Si]12OC[Si]3(CCCO)O[Si]4(C)O[Si](C)(O1)O[Si]1(C)O[Si](C)(O2)O[Si](C)(O3)O[Si](C)(O4)O1. The van der Waals surface area contributed by atoms with Gasteiger partial charge >= 0.3 is 70.2 Å². The molecule has 6 aliphatic rings. The van der Waals surface area contributed by atoms with E-state index in [9.17, 15) is 5.11 Å². The van der Waals surface area contributed by atoms with Gasteiger partial charge in [0, 0.05) is 52.4 Å². The maximum absolute atomic E-state index is 9.59. The zero-order valence-electron chi connectivity index (χ0n) is 19.2. The average molecular weight is 595 g/mol. The van der Waals surface area contributed by atoms with E-state index in [0.717, 1.165) is 0 Å². The third-order valence-electron chi connectivity index (χ3n) is 5.35. The smallest absolute Gasteiger partial charge is 0.396 e.